The zero-order valence-corrected chi connectivity index (χ0v) is 13.2. The lowest BCUT2D eigenvalue weighted by molar-refractivity contribution is -0.152. The maximum absolute atomic E-state index is 11.5. The second-order valence-electron chi connectivity index (χ2n) is 4.60. The molecule has 1 aromatic rings. The molecule has 0 aliphatic rings. The Morgan fingerprint density at radius 1 is 1.14 bits per heavy atom. The van der Waals surface area contributed by atoms with Gasteiger partial charge < -0.3 is 14.2 Å². The number of esters is 2. The number of hydrogen-bond donors (Lipinski definition) is 0. The molecular formula is C14H16Cl2O5. The molecule has 0 saturated heterocycles. The number of carbonyl (C=O) groups is 2. The fraction of sp³-hybridized carbons (Fsp3) is 0.429. The second kappa shape index (κ2) is 8.87. The Morgan fingerprint density at radius 3 is 2.48 bits per heavy atom. The molecule has 116 valence electrons. The van der Waals surface area contributed by atoms with Crippen LogP contribution < -0.4 is 4.74 Å². The standard InChI is InChI=1S/C14H16Cl2O5/c1-9(2)6-20-12(17)7-19-8-13(18)21-11-5-3-4-10(15)14(11)16/h3-5,9H,6-8H2,1-2H3. The summed E-state index contributed by atoms with van der Waals surface area (Å²) in [4.78, 5) is 22.8. The molecule has 0 aliphatic carbocycles. The van der Waals surface area contributed by atoms with Crippen LogP contribution in [0.1, 0.15) is 13.8 Å². The summed E-state index contributed by atoms with van der Waals surface area (Å²) in [6, 6.07) is 4.67. The number of rotatable bonds is 7. The molecule has 0 aliphatic heterocycles. The van der Waals surface area contributed by atoms with E-state index in [9.17, 15) is 9.59 Å². The van der Waals surface area contributed by atoms with E-state index in [1.165, 1.54) is 6.07 Å². The monoisotopic (exact) mass is 334 g/mol. The Balaban J connectivity index is 2.31. The average molecular weight is 335 g/mol. The van der Waals surface area contributed by atoms with Crippen LogP contribution in [0.5, 0.6) is 5.75 Å². The topological polar surface area (TPSA) is 61.8 Å². The summed E-state index contributed by atoms with van der Waals surface area (Å²) < 4.78 is 14.8. The molecule has 21 heavy (non-hydrogen) atoms. The van der Waals surface area contributed by atoms with Gasteiger partial charge in [0.2, 0.25) is 0 Å². The SMILES string of the molecule is CC(C)COC(=O)COCC(=O)Oc1cccc(Cl)c1Cl. The van der Waals surface area contributed by atoms with Gasteiger partial charge in [0, 0.05) is 0 Å². The van der Waals surface area contributed by atoms with Crippen molar-refractivity contribution in [1.82, 2.24) is 0 Å². The van der Waals surface area contributed by atoms with Gasteiger partial charge in [-0.25, -0.2) is 9.59 Å². The van der Waals surface area contributed by atoms with Crippen LogP contribution in [-0.2, 0) is 19.1 Å². The van der Waals surface area contributed by atoms with Gasteiger partial charge in [0.15, 0.2) is 5.75 Å². The van der Waals surface area contributed by atoms with Gasteiger partial charge in [-0.2, -0.15) is 0 Å². The highest BCUT2D eigenvalue weighted by molar-refractivity contribution is 6.43. The molecule has 0 heterocycles. The first-order chi connectivity index (χ1) is 9.90. The molecule has 0 unspecified atom stereocenters. The molecule has 0 saturated carbocycles. The van der Waals surface area contributed by atoms with Crippen LogP contribution in [0.3, 0.4) is 0 Å². The van der Waals surface area contributed by atoms with Gasteiger partial charge in [0.25, 0.3) is 0 Å². The first kappa shape index (κ1) is 17.8. The van der Waals surface area contributed by atoms with Crippen LogP contribution in [0.4, 0.5) is 0 Å². The Bertz CT molecular complexity index is 502. The minimum atomic E-state index is -0.684. The van der Waals surface area contributed by atoms with Crippen molar-refractivity contribution in [3.8, 4) is 5.75 Å². The van der Waals surface area contributed by atoms with Crippen molar-refractivity contribution in [2.24, 2.45) is 5.92 Å². The molecule has 0 atom stereocenters. The van der Waals surface area contributed by atoms with Gasteiger partial charge >= 0.3 is 11.9 Å². The van der Waals surface area contributed by atoms with Crippen molar-refractivity contribution in [2.45, 2.75) is 13.8 Å². The molecule has 1 aromatic carbocycles. The molecule has 0 bridgehead atoms. The molecule has 5 nitrogen and oxygen atoms in total. The molecule has 7 heteroatoms. The molecule has 0 N–H and O–H groups in total. The van der Waals surface area contributed by atoms with Crippen molar-refractivity contribution in [1.29, 1.82) is 0 Å². The number of hydrogen-bond acceptors (Lipinski definition) is 5. The second-order valence-corrected chi connectivity index (χ2v) is 5.38. The summed E-state index contributed by atoms with van der Waals surface area (Å²) in [5.41, 5.74) is 0. The lowest BCUT2D eigenvalue weighted by atomic mass is 10.2. The van der Waals surface area contributed by atoms with Gasteiger partial charge in [-0.1, -0.05) is 43.1 Å². The maximum atomic E-state index is 11.5. The summed E-state index contributed by atoms with van der Waals surface area (Å²) in [7, 11) is 0. The fourth-order valence-corrected chi connectivity index (χ4v) is 1.56. The van der Waals surface area contributed by atoms with Crippen LogP contribution in [0, 0.1) is 5.92 Å². The lowest BCUT2D eigenvalue weighted by Gasteiger charge is -2.08. The lowest BCUT2D eigenvalue weighted by Crippen LogP contribution is -2.21. The van der Waals surface area contributed by atoms with Crippen molar-refractivity contribution in [3.63, 3.8) is 0 Å². The summed E-state index contributed by atoms with van der Waals surface area (Å²) in [5.74, 6) is -0.836. The summed E-state index contributed by atoms with van der Waals surface area (Å²) in [5, 5.41) is 0.420. The van der Waals surface area contributed by atoms with Crippen LogP contribution in [0.2, 0.25) is 10.0 Å². The third-order valence-electron chi connectivity index (χ3n) is 2.16. The third-order valence-corrected chi connectivity index (χ3v) is 2.96. The van der Waals surface area contributed by atoms with E-state index in [1.807, 2.05) is 13.8 Å². The molecule has 0 spiro atoms. The zero-order chi connectivity index (χ0) is 15.8. The van der Waals surface area contributed by atoms with E-state index in [0.29, 0.717) is 6.61 Å². The predicted octanol–water partition coefficient (Wildman–Crippen LogP) is 3.11. The number of carbonyl (C=O) groups excluding carboxylic acids is 2. The van der Waals surface area contributed by atoms with E-state index in [0.717, 1.165) is 0 Å². The van der Waals surface area contributed by atoms with E-state index >= 15 is 0 Å². The summed E-state index contributed by atoms with van der Waals surface area (Å²) in [6.07, 6.45) is 0. The minimum absolute atomic E-state index is 0.139. The minimum Gasteiger partial charge on any atom is -0.464 e. The quantitative estimate of drug-likeness (QED) is 0.566. The van der Waals surface area contributed by atoms with Gasteiger partial charge in [0.1, 0.15) is 18.2 Å². The smallest absolute Gasteiger partial charge is 0.337 e. The predicted molar refractivity (Wildman–Crippen MR) is 78.7 cm³/mol. The van der Waals surface area contributed by atoms with Gasteiger partial charge in [-0.15, -0.1) is 0 Å². The summed E-state index contributed by atoms with van der Waals surface area (Å²) in [6.45, 7) is 3.44. The van der Waals surface area contributed by atoms with Gasteiger partial charge in [-0.05, 0) is 18.1 Å². The Hall–Kier alpha value is -1.30. The van der Waals surface area contributed by atoms with Crippen LogP contribution in [-0.4, -0.2) is 31.8 Å². The molecule has 0 aromatic heterocycles. The van der Waals surface area contributed by atoms with Crippen molar-refractivity contribution >= 4 is 35.1 Å². The molecule has 1 rings (SSSR count). The van der Waals surface area contributed by atoms with E-state index in [4.69, 9.17) is 37.4 Å². The maximum Gasteiger partial charge on any atom is 0.337 e. The zero-order valence-electron chi connectivity index (χ0n) is 11.7. The average Bonchev–Trinajstić information content (AvgIpc) is 2.41. The highest BCUT2D eigenvalue weighted by Gasteiger charge is 2.12. The molecule has 0 fully saturated rings. The van der Waals surface area contributed by atoms with Crippen molar-refractivity contribution < 1.29 is 23.8 Å². The number of benzene rings is 1. The third kappa shape index (κ3) is 6.80. The van der Waals surface area contributed by atoms with E-state index in [2.05, 4.69) is 0 Å². The molecular weight excluding hydrogens is 319 g/mol. The molecule has 0 amide bonds. The highest BCUT2D eigenvalue weighted by atomic mass is 35.5. The normalized spacial score (nSPS) is 10.5. The van der Waals surface area contributed by atoms with Crippen LogP contribution in [0.25, 0.3) is 0 Å². The fourth-order valence-electron chi connectivity index (χ4n) is 1.23. The van der Waals surface area contributed by atoms with Crippen molar-refractivity contribution in [2.75, 3.05) is 19.8 Å². The van der Waals surface area contributed by atoms with Crippen LogP contribution in [0.15, 0.2) is 18.2 Å². The highest BCUT2D eigenvalue weighted by Crippen LogP contribution is 2.31. The first-order valence-electron chi connectivity index (χ1n) is 6.28. The van der Waals surface area contributed by atoms with Gasteiger partial charge in [0.05, 0.1) is 11.6 Å². The Kier molecular flexibility index (Phi) is 7.50. The first-order valence-corrected chi connectivity index (χ1v) is 7.03. The summed E-state index contributed by atoms with van der Waals surface area (Å²) >= 11 is 11.7. The van der Waals surface area contributed by atoms with E-state index in [-0.39, 0.29) is 34.9 Å². The number of halogens is 2. The number of ether oxygens (including phenoxy) is 3. The van der Waals surface area contributed by atoms with E-state index in [1.54, 1.807) is 12.1 Å². The largest absolute Gasteiger partial charge is 0.464 e. The van der Waals surface area contributed by atoms with E-state index < -0.39 is 11.9 Å². The Morgan fingerprint density at radius 2 is 1.81 bits per heavy atom. The van der Waals surface area contributed by atoms with Crippen molar-refractivity contribution in [3.05, 3.63) is 28.2 Å². The van der Waals surface area contributed by atoms with Crippen LogP contribution >= 0.6 is 23.2 Å². The Labute approximate surface area is 133 Å². The molecule has 0 radical (unpaired) electrons. The van der Waals surface area contributed by atoms with Gasteiger partial charge in [-0.3, -0.25) is 0 Å².